The molecule has 0 amide bonds. The van der Waals surface area contributed by atoms with Crippen LogP contribution in [-0.2, 0) is 24.3 Å². The van der Waals surface area contributed by atoms with Gasteiger partial charge in [-0.05, 0) is 44.8 Å². The van der Waals surface area contributed by atoms with Crippen molar-refractivity contribution in [2.24, 2.45) is 0 Å². The van der Waals surface area contributed by atoms with Crippen LogP contribution in [0.25, 0.3) is 0 Å². The molecule has 1 aromatic rings. The van der Waals surface area contributed by atoms with Gasteiger partial charge in [0.2, 0.25) is 0 Å². The van der Waals surface area contributed by atoms with Gasteiger partial charge in [0.05, 0.1) is 23.4 Å². The number of nitriles is 1. The molecule has 141 valence electrons. The van der Waals surface area contributed by atoms with Gasteiger partial charge in [0, 0.05) is 24.8 Å². The number of hydrogen-bond donors (Lipinski definition) is 0. The Morgan fingerprint density at radius 1 is 1.30 bits per heavy atom. The Bertz CT molecular complexity index is 790. The van der Waals surface area contributed by atoms with E-state index >= 15 is 0 Å². The van der Waals surface area contributed by atoms with Crippen LogP contribution in [0, 0.1) is 11.3 Å². The lowest BCUT2D eigenvalue weighted by Gasteiger charge is -2.32. The second-order valence-corrected chi connectivity index (χ2v) is 8.57. The van der Waals surface area contributed by atoms with E-state index in [2.05, 4.69) is 13.0 Å². The summed E-state index contributed by atoms with van der Waals surface area (Å²) in [7, 11) is 2.57. The largest absolute Gasteiger partial charge is 0.494 e. The van der Waals surface area contributed by atoms with E-state index in [1.807, 2.05) is 38.6 Å². The zero-order chi connectivity index (χ0) is 20.0. The van der Waals surface area contributed by atoms with Gasteiger partial charge in [-0.15, -0.1) is 0 Å². The highest BCUT2D eigenvalue weighted by atomic mass is 16.7. The number of hydrogen-bond acceptors (Lipinski definition) is 6. The highest BCUT2D eigenvalue weighted by Gasteiger charge is 2.52. The number of carbonyl (C=O) groups excluding carboxylic acids is 1. The fourth-order valence-electron chi connectivity index (χ4n) is 3.81. The van der Waals surface area contributed by atoms with Crippen molar-refractivity contribution in [2.75, 3.05) is 25.1 Å². The smallest absolute Gasteiger partial charge is 0.410 e. The second-order valence-electron chi connectivity index (χ2n) is 8.57. The van der Waals surface area contributed by atoms with Gasteiger partial charge in [-0.25, -0.2) is 0 Å². The van der Waals surface area contributed by atoms with Gasteiger partial charge in [-0.1, -0.05) is 13.0 Å². The van der Waals surface area contributed by atoms with Crippen molar-refractivity contribution in [2.45, 2.75) is 51.2 Å². The van der Waals surface area contributed by atoms with E-state index in [0.29, 0.717) is 18.7 Å². The van der Waals surface area contributed by atoms with Crippen molar-refractivity contribution in [3.63, 3.8) is 0 Å². The topological polar surface area (TPSA) is 71.8 Å². The molecule has 0 saturated carbocycles. The summed E-state index contributed by atoms with van der Waals surface area (Å²) in [6.45, 7) is 11.1. The molecule has 2 heterocycles. The molecule has 1 atom stereocenters. The third-order valence-corrected chi connectivity index (χ3v) is 5.94. The van der Waals surface area contributed by atoms with Crippen molar-refractivity contribution < 1.29 is 18.8 Å². The van der Waals surface area contributed by atoms with E-state index in [-0.39, 0.29) is 5.41 Å². The highest BCUT2D eigenvalue weighted by molar-refractivity contribution is 6.70. The summed E-state index contributed by atoms with van der Waals surface area (Å²) in [5.41, 5.74) is 1.74. The van der Waals surface area contributed by atoms with Crippen LogP contribution in [-0.4, -0.2) is 52.2 Å². The number of benzene rings is 1. The third-order valence-electron chi connectivity index (χ3n) is 5.94. The standard InChI is InChI=1S/C19H25B2N2O4/c1-17(2)18(3,4)27-21(26-17)14-7-13(9-22)16-15(8-14)19(5,11-25-6)10-23(16)20-12-24/h7-8,12H,10-11H2,1-6H3/t19-/m1/s1. The summed E-state index contributed by atoms with van der Waals surface area (Å²) in [5.74, 6) is 0. The van der Waals surface area contributed by atoms with Gasteiger partial charge in [-0.2, -0.15) is 5.26 Å². The van der Waals surface area contributed by atoms with Gasteiger partial charge in [-0.3, -0.25) is 0 Å². The SMILES string of the molecule is COC[C@@]1(C)CN([B]C=O)c2c(C#N)cc(B3OC(C)(C)C(C)(C)O3)cc21. The maximum atomic E-state index is 11.1. The Hall–Kier alpha value is -1.81. The van der Waals surface area contributed by atoms with Crippen LogP contribution in [0.4, 0.5) is 5.69 Å². The Kier molecular flexibility index (Phi) is 4.92. The molecule has 2 aliphatic rings. The average molecular weight is 367 g/mol. The van der Waals surface area contributed by atoms with E-state index < -0.39 is 18.3 Å². The first-order chi connectivity index (χ1) is 12.6. The number of ether oxygens (including phenoxy) is 1. The van der Waals surface area contributed by atoms with Crippen molar-refractivity contribution in [1.82, 2.24) is 0 Å². The zero-order valence-electron chi connectivity index (χ0n) is 16.8. The predicted molar refractivity (Wildman–Crippen MR) is 106 cm³/mol. The van der Waals surface area contributed by atoms with Crippen LogP contribution in [0.2, 0.25) is 0 Å². The molecule has 1 aromatic carbocycles. The average Bonchev–Trinajstić information content (AvgIpc) is 2.98. The van der Waals surface area contributed by atoms with Gasteiger partial charge in [0.15, 0.2) is 0 Å². The number of nitrogens with zero attached hydrogens (tertiary/aromatic N) is 2. The van der Waals surface area contributed by atoms with Crippen molar-refractivity contribution in [3.8, 4) is 6.07 Å². The molecule has 2 aliphatic heterocycles. The molecule has 0 bridgehead atoms. The lowest BCUT2D eigenvalue weighted by Crippen LogP contribution is -2.41. The summed E-state index contributed by atoms with van der Waals surface area (Å²) < 4.78 is 17.8. The molecule has 0 aliphatic carbocycles. The fraction of sp³-hybridized carbons (Fsp3) is 0.579. The number of fused-ring (bicyclic) bond motifs is 1. The Balaban J connectivity index is 2.11. The molecule has 1 radical (unpaired) electrons. The first kappa shape index (κ1) is 19.9. The van der Waals surface area contributed by atoms with E-state index in [4.69, 9.17) is 14.0 Å². The Morgan fingerprint density at radius 2 is 1.93 bits per heavy atom. The first-order valence-electron chi connectivity index (χ1n) is 9.07. The molecule has 6 nitrogen and oxygen atoms in total. The molecule has 0 spiro atoms. The van der Waals surface area contributed by atoms with E-state index in [0.717, 1.165) is 22.9 Å². The molecule has 8 heteroatoms. The fourth-order valence-corrected chi connectivity index (χ4v) is 3.81. The van der Waals surface area contributed by atoms with Crippen LogP contribution in [0.3, 0.4) is 0 Å². The monoisotopic (exact) mass is 367 g/mol. The number of anilines is 1. The van der Waals surface area contributed by atoms with Crippen LogP contribution in [0.15, 0.2) is 12.1 Å². The number of carbonyl (C=O) groups is 1. The summed E-state index contributed by atoms with van der Waals surface area (Å²) in [4.78, 5) is 12.9. The van der Waals surface area contributed by atoms with E-state index in [1.165, 1.54) is 7.41 Å². The van der Waals surface area contributed by atoms with Crippen molar-refractivity contribution in [1.29, 1.82) is 5.26 Å². The molecule has 1 saturated heterocycles. The lowest BCUT2D eigenvalue weighted by atomic mass is 9.74. The van der Waals surface area contributed by atoms with Crippen LogP contribution < -0.4 is 10.3 Å². The molecule has 27 heavy (non-hydrogen) atoms. The highest BCUT2D eigenvalue weighted by Crippen LogP contribution is 2.43. The summed E-state index contributed by atoms with van der Waals surface area (Å²) in [6, 6.07) is 6.09. The van der Waals surface area contributed by atoms with Crippen molar-refractivity contribution >= 4 is 31.9 Å². The number of methoxy groups -OCH3 is 1. The van der Waals surface area contributed by atoms with Gasteiger partial charge in [0.25, 0.3) is 0 Å². The summed E-state index contributed by atoms with van der Waals surface area (Å²) in [5, 5.41) is 9.77. The normalized spacial score (nSPS) is 25.2. The Morgan fingerprint density at radius 3 is 2.44 bits per heavy atom. The first-order valence-corrected chi connectivity index (χ1v) is 9.07. The predicted octanol–water partition coefficient (Wildman–Crippen LogP) is 1.39. The second kappa shape index (κ2) is 6.66. The molecule has 0 aromatic heterocycles. The van der Waals surface area contributed by atoms with Gasteiger partial charge < -0.3 is 23.7 Å². The van der Waals surface area contributed by atoms with Gasteiger partial charge in [0.1, 0.15) is 12.3 Å². The quantitative estimate of drug-likeness (QED) is 0.579. The van der Waals surface area contributed by atoms with Crippen molar-refractivity contribution in [3.05, 3.63) is 23.3 Å². The molecule has 3 rings (SSSR count). The third kappa shape index (κ3) is 3.18. The van der Waals surface area contributed by atoms with Crippen LogP contribution in [0.1, 0.15) is 45.7 Å². The number of rotatable bonds is 5. The summed E-state index contributed by atoms with van der Waals surface area (Å²) in [6.07, 6.45) is 0.742. The molecular weight excluding hydrogens is 342 g/mol. The van der Waals surface area contributed by atoms with E-state index in [9.17, 15) is 10.1 Å². The molecule has 1 fully saturated rings. The van der Waals surface area contributed by atoms with Gasteiger partial charge >= 0.3 is 14.5 Å². The molecule has 0 unspecified atom stereocenters. The zero-order valence-corrected chi connectivity index (χ0v) is 16.8. The minimum atomic E-state index is -0.553. The minimum absolute atomic E-state index is 0.352. The Labute approximate surface area is 162 Å². The molecular formula is C19H25B2N2O4. The maximum Gasteiger partial charge on any atom is 0.494 e. The minimum Gasteiger partial charge on any atom is -0.410 e. The molecule has 0 N–H and O–H groups in total. The summed E-state index contributed by atoms with van der Waals surface area (Å²) >= 11 is 0. The van der Waals surface area contributed by atoms with E-state index in [1.54, 1.807) is 13.2 Å². The maximum absolute atomic E-state index is 11.1. The lowest BCUT2D eigenvalue weighted by molar-refractivity contribution is 0.00578. The van der Waals surface area contributed by atoms with Crippen LogP contribution in [0.5, 0.6) is 0 Å². The van der Waals surface area contributed by atoms with Crippen LogP contribution >= 0.6 is 0 Å².